The summed E-state index contributed by atoms with van der Waals surface area (Å²) in [6.07, 6.45) is 4.64. The van der Waals surface area contributed by atoms with E-state index in [4.69, 9.17) is 0 Å². The van der Waals surface area contributed by atoms with E-state index in [1.807, 2.05) is 36.1 Å². The van der Waals surface area contributed by atoms with Gasteiger partial charge in [0.1, 0.15) is 6.04 Å². The number of nitrogens with one attached hydrogen (secondary N) is 2. The molecule has 2 amide bonds. The monoisotopic (exact) mass is 303 g/mol. The predicted octanol–water partition coefficient (Wildman–Crippen LogP) is 2.85. The summed E-state index contributed by atoms with van der Waals surface area (Å²) in [7, 11) is 0. The van der Waals surface area contributed by atoms with Gasteiger partial charge in [-0.15, -0.1) is 0 Å². The van der Waals surface area contributed by atoms with E-state index in [1.54, 1.807) is 0 Å². The minimum absolute atomic E-state index is 0.0922. The molecule has 1 aliphatic heterocycles. The van der Waals surface area contributed by atoms with Gasteiger partial charge >= 0.3 is 0 Å². The van der Waals surface area contributed by atoms with Crippen LogP contribution < -0.4 is 10.6 Å². The second-order valence-electron chi connectivity index (χ2n) is 5.86. The number of carbonyl (C=O) groups excluding carboxylic acids is 2. The fourth-order valence-electron chi connectivity index (χ4n) is 2.73. The van der Waals surface area contributed by atoms with Crippen LogP contribution in [-0.2, 0) is 9.59 Å². The van der Waals surface area contributed by atoms with Gasteiger partial charge in [-0.2, -0.15) is 0 Å². The van der Waals surface area contributed by atoms with Gasteiger partial charge in [0.15, 0.2) is 0 Å². The van der Waals surface area contributed by atoms with Crippen molar-refractivity contribution in [3.05, 3.63) is 24.3 Å². The molecule has 0 spiro atoms. The highest BCUT2D eigenvalue weighted by Crippen LogP contribution is 2.16. The SMILES string of the molecule is CC(=O)Nc1ccc(NC(C)C(=O)N2CCCCCC2)cc1. The van der Waals surface area contributed by atoms with Crippen molar-refractivity contribution < 1.29 is 9.59 Å². The molecule has 5 nitrogen and oxygen atoms in total. The van der Waals surface area contributed by atoms with Crippen LogP contribution in [0.5, 0.6) is 0 Å². The first-order valence-corrected chi connectivity index (χ1v) is 7.99. The van der Waals surface area contributed by atoms with Crippen LogP contribution in [-0.4, -0.2) is 35.8 Å². The number of benzene rings is 1. The van der Waals surface area contributed by atoms with E-state index in [9.17, 15) is 9.59 Å². The second kappa shape index (κ2) is 7.82. The average Bonchev–Trinajstić information content (AvgIpc) is 2.77. The zero-order chi connectivity index (χ0) is 15.9. The van der Waals surface area contributed by atoms with E-state index in [-0.39, 0.29) is 17.9 Å². The average molecular weight is 303 g/mol. The Bertz CT molecular complexity index is 505. The molecule has 1 heterocycles. The summed E-state index contributed by atoms with van der Waals surface area (Å²) in [6.45, 7) is 5.11. The molecule has 22 heavy (non-hydrogen) atoms. The molecule has 1 fully saturated rings. The standard InChI is InChI=1S/C17H25N3O2/c1-13(17(22)20-11-5-3-4-6-12-20)18-15-7-9-16(10-8-15)19-14(2)21/h7-10,13,18H,3-6,11-12H2,1-2H3,(H,19,21). The highest BCUT2D eigenvalue weighted by molar-refractivity contribution is 5.89. The molecule has 5 heteroatoms. The van der Waals surface area contributed by atoms with Crippen molar-refractivity contribution in [2.45, 2.75) is 45.6 Å². The minimum Gasteiger partial charge on any atom is -0.374 e. The van der Waals surface area contributed by atoms with Crippen LogP contribution in [0.4, 0.5) is 11.4 Å². The summed E-state index contributed by atoms with van der Waals surface area (Å²) >= 11 is 0. The summed E-state index contributed by atoms with van der Waals surface area (Å²) in [5.74, 6) is 0.0678. The quantitative estimate of drug-likeness (QED) is 0.899. The van der Waals surface area contributed by atoms with E-state index in [0.29, 0.717) is 0 Å². The van der Waals surface area contributed by atoms with Crippen molar-refractivity contribution >= 4 is 23.2 Å². The minimum atomic E-state index is -0.246. The highest BCUT2D eigenvalue weighted by Gasteiger charge is 2.21. The molecular formula is C17H25N3O2. The molecular weight excluding hydrogens is 278 g/mol. The van der Waals surface area contributed by atoms with Gasteiger partial charge in [-0.3, -0.25) is 9.59 Å². The molecule has 0 aromatic heterocycles. The maximum Gasteiger partial charge on any atom is 0.244 e. The van der Waals surface area contributed by atoms with Gasteiger partial charge in [0.05, 0.1) is 0 Å². The van der Waals surface area contributed by atoms with Crippen molar-refractivity contribution in [3.63, 3.8) is 0 Å². The number of rotatable bonds is 4. The maximum absolute atomic E-state index is 12.5. The predicted molar refractivity (Wildman–Crippen MR) is 88.9 cm³/mol. The van der Waals surface area contributed by atoms with Gasteiger partial charge in [0.2, 0.25) is 11.8 Å². The Morgan fingerprint density at radius 2 is 1.55 bits per heavy atom. The Balaban J connectivity index is 1.91. The lowest BCUT2D eigenvalue weighted by atomic mass is 10.2. The summed E-state index contributed by atoms with van der Waals surface area (Å²) in [6, 6.07) is 7.15. The molecule has 1 aromatic carbocycles. The number of hydrogen-bond acceptors (Lipinski definition) is 3. The van der Waals surface area contributed by atoms with Gasteiger partial charge < -0.3 is 15.5 Å². The number of amides is 2. The van der Waals surface area contributed by atoms with Gasteiger partial charge in [0.25, 0.3) is 0 Å². The topological polar surface area (TPSA) is 61.4 Å². The Hall–Kier alpha value is -2.04. The molecule has 0 aliphatic carbocycles. The van der Waals surface area contributed by atoms with Crippen molar-refractivity contribution in [1.29, 1.82) is 0 Å². The number of anilines is 2. The third-order valence-corrected chi connectivity index (χ3v) is 3.88. The van der Waals surface area contributed by atoms with Gasteiger partial charge in [-0.1, -0.05) is 12.8 Å². The molecule has 1 atom stereocenters. The number of hydrogen-bond donors (Lipinski definition) is 2. The van der Waals surface area contributed by atoms with E-state index >= 15 is 0 Å². The third-order valence-electron chi connectivity index (χ3n) is 3.88. The molecule has 1 aromatic rings. The van der Waals surface area contributed by atoms with Crippen LogP contribution in [0, 0.1) is 0 Å². The largest absolute Gasteiger partial charge is 0.374 e. The van der Waals surface area contributed by atoms with Gasteiger partial charge in [-0.25, -0.2) is 0 Å². The molecule has 120 valence electrons. The Morgan fingerprint density at radius 3 is 2.09 bits per heavy atom. The zero-order valence-corrected chi connectivity index (χ0v) is 13.4. The van der Waals surface area contributed by atoms with E-state index < -0.39 is 0 Å². The van der Waals surface area contributed by atoms with E-state index in [2.05, 4.69) is 10.6 Å². The van der Waals surface area contributed by atoms with Gasteiger partial charge in [0, 0.05) is 31.4 Å². The first-order valence-electron chi connectivity index (χ1n) is 7.99. The highest BCUT2D eigenvalue weighted by atomic mass is 16.2. The molecule has 0 saturated carbocycles. The lowest BCUT2D eigenvalue weighted by molar-refractivity contribution is -0.131. The zero-order valence-electron chi connectivity index (χ0n) is 13.4. The van der Waals surface area contributed by atoms with Crippen molar-refractivity contribution in [2.75, 3.05) is 23.7 Å². The molecule has 2 rings (SSSR count). The second-order valence-corrected chi connectivity index (χ2v) is 5.86. The fourth-order valence-corrected chi connectivity index (χ4v) is 2.73. The maximum atomic E-state index is 12.5. The van der Waals surface area contributed by atoms with Crippen LogP contribution >= 0.6 is 0 Å². The normalized spacial score (nSPS) is 16.5. The third kappa shape index (κ3) is 4.76. The lowest BCUT2D eigenvalue weighted by Gasteiger charge is -2.25. The van der Waals surface area contributed by atoms with Crippen molar-refractivity contribution in [1.82, 2.24) is 4.90 Å². The lowest BCUT2D eigenvalue weighted by Crippen LogP contribution is -2.41. The summed E-state index contributed by atoms with van der Waals surface area (Å²) in [5, 5.41) is 5.96. The fraction of sp³-hybridized carbons (Fsp3) is 0.529. The summed E-state index contributed by atoms with van der Waals surface area (Å²) in [5.41, 5.74) is 1.63. The first kappa shape index (κ1) is 16.3. The van der Waals surface area contributed by atoms with Crippen LogP contribution in [0.25, 0.3) is 0 Å². The molecule has 0 bridgehead atoms. The molecule has 2 N–H and O–H groups in total. The summed E-state index contributed by atoms with van der Waals surface area (Å²) in [4.78, 5) is 25.4. The molecule has 0 radical (unpaired) electrons. The van der Waals surface area contributed by atoms with Gasteiger partial charge in [-0.05, 0) is 44.0 Å². The number of nitrogens with zero attached hydrogens (tertiary/aromatic N) is 1. The van der Waals surface area contributed by atoms with Crippen LogP contribution in [0.2, 0.25) is 0 Å². The van der Waals surface area contributed by atoms with Crippen LogP contribution in [0.15, 0.2) is 24.3 Å². The number of likely N-dealkylation sites (tertiary alicyclic amines) is 1. The van der Waals surface area contributed by atoms with Crippen molar-refractivity contribution in [2.24, 2.45) is 0 Å². The van der Waals surface area contributed by atoms with Crippen LogP contribution in [0.1, 0.15) is 39.5 Å². The first-order chi connectivity index (χ1) is 10.6. The molecule has 1 unspecified atom stereocenters. The molecule has 1 aliphatic rings. The van der Waals surface area contributed by atoms with E-state index in [1.165, 1.54) is 19.8 Å². The molecule has 1 saturated heterocycles. The summed E-state index contributed by atoms with van der Waals surface area (Å²) < 4.78 is 0. The Labute approximate surface area is 132 Å². The Kier molecular flexibility index (Phi) is 5.81. The Morgan fingerprint density at radius 1 is 1.00 bits per heavy atom. The van der Waals surface area contributed by atoms with E-state index in [0.717, 1.165) is 37.3 Å². The van der Waals surface area contributed by atoms with Crippen LogP contribution in [0.3, 0.4) is 0 Å². The number of carbonyl (C=O) groups is 2. The van der Waals surface area contributed by atoms with Crippen molar-refractivity contribution in [3.8, 4) is 0 Å². The smallest absolute Gasteiger partial charge is 0.244 e.